The largest absolute Gasteiger partial charge is 0.490 e. The molecule has 200 valence electrons. The summed E-state index contributed by atoms with van der Waals surface area (Å²) in [6.07, 6.45) is -0.603. The lowest BCUT2D eigenvalue weighted by atomic mass is 9.93. The van der Waals surface area contributed by atoms with Crippen molar-refractivity contribution < 1.29 is 45.5 Å². The van der Waals surface area contributed by atoms with Crippen LogP contribution in [0.5, 0.6) is 0 Å². The molecule has 1 aromatic heterocycles. The first-order chi connectivity index (χ1) is 16.7. The number of benzene rings is 1. The first kappa shape index (κ1) is 29.7. The number of carboxylic acids is 1. The van der Waals surface area contributed by atoms with Crippen LogP contribution in [0.3, 0.4) is 0 Å². The summed E-state index contributed by atoms with van der Waals surface area (Å²) in [6, 6.07) is 3.19. The fourth-order valence-electron chi connectivity index (χ4n) is 3.45. The zero-order valence-electron chi connectivity index (χ0n) is 18.9. The molecule has 9 nitrogen and oxygen atoms in total. The molecule has 0 unspecified atom stereocenters. The van der Waals surface area contributed by atoms with Crippen LogP contribution >= 0.6 is 11.6 Å². The number of nitrogens with two attached hydrogens (primary N) is 1. The third kappa shape index (κ3) is 7.72. The van der Waals surface area contributed by atoms with E-state index in [2.05, 4.69) is 10.1 Å². The van der Waals surface area contributed by atoms with E-state index in [4.69, 9.17) is 31.8 Å². The molecule has 0 bridgehead atoms. The summed E-state index contributed by atoms with van der Waals surface area (Å²) < 4.78 is 75.2. The lowest BCUT2D eigenvalue weighted by Gasteiger charge is -2.19. The third-order valence-corrected chi connectivity index (χ3v) is 6.75. The normalized spacial score (nSPS) is 15.7. The number of sulfone groups is 1. The fraction of sp³-hybridized carbons (Fsp3) is 0.476. The Kier molecular flexibility index (Phi) is 10.00. The molecule has 1 fully saturated rings. The zero-order valence-corrected chi connectivity index (χ0v) is 20.5. The van der Waals surface area contributed by atoms with Gasteiger partial charge in [-0.1, -0.05) is 16.8 Å². The van der Waals surface area contributed by atoms with E-state index in [9.17, 15) is 31.1 Å². The van der Waals surface area contributed by atoms with Gasteiger partial charge in [0.05, 0.1) is 21.9 Å². The third-order valence-electron chi connectivity index (χ3n) is 5.32. The predicted octanol–water partition coefficient (Wildman–Crippen LogP) is 4.02. The van der Waals surface area contributed by atoms with E-state index < -0.39 is 33.9 Å². The van der Waals surface area contributed by atoms with Crippen molar-refractivity contribution in [2.75, 3.05) is 12.9 Å². The molecule has 2 aromatic rings. The van der Waals surface area contributed by atoms with Gasteiger partial charge in [0.1, 0.15) is 5.83 Å². The highest BCUT2D eigenvalue weighted by atomic mass is 35.5. The van der Waals surface area contributed by atoms with E-state index in [1.54, 1.807) is 0 Å². The average Bonchev–Trinajstić information content (AvgIpc) is 3.48. The number of hydrogen-bond donors (Lipinski definition) is 3. The average molecular weight is 558 g/mol. The number of aromatic nitrogens is 2. The Bertz CT molecular complexity index is 1210. The predicted molar refractivity (Wildman–Crippen MR) is 121 cm³/mol. The van der Waals surface area contributed by atoms with Gasteiger partial charge >= 0.3 is 12.1 Å². The van der Waals surface area contributed by atoms with Crippen molar-refractivity contribution in [1.82, 2.24) is 10.1 Å². The molecule has 1 aliphatic rings. The molecule has 2 atom stereocenters. The number of carboxylic acid groups (broad SMARTS) is 1. The van der Waals surface area contributed by atoms with Gasteiger partial charge in [-0.15, -0.1) is 0 Å². The molecule has 1 aliphatic carbocycles. The number of allylic oxidation sites excluding steroid dienone is 1. The number of alkyl halides is 3. The lowest BCUT2D eigenvalue weighted by Crippen LogP contribution is -2.31. The molecule has 1 aromatic carbocycles. The fourth-order valence-corrected chi connectivity index (χ4v) is 4.43. The van der Waals surface area contributed by atoms with Gasteiger partial charge in [-0.25, -0.2) is 17.6 Å². The van der Waals surface area contributed by atoms with E-state index in [0.29, 0.717) is 24.0 Å². The SMILES string of the molecule is CS(=O)(=O)c1ccc(-c2noc([C@@H](CCO)[C@H](N)C(F)=C3CCCC3)n2)c(Cl)c1.O=C(O)C(F)(F)F. The van der Waals surface area contributed by atoms with E-state index in [1.807, 2.05) is 0 Å². The highest BCUT2D eigenvalue weighted by Crippen LogP contribution is 2.35. The van der Waals surface area contributed by atoms with Crippen LogP contribution in [-0.4, -0.2) is 59.8 Å². The Morgan fingerprint density at radius 3 is 2.33 bits per heavy atom. The second kappa shape index (κ2) is 12.1. The van der Waals surface area contributed by atoms with Gasteiger partial charge in [0.25, 0.3) is 0 Å². The Hall–Kier alpha value is -2.55. The van der Waals surface area contributed by atoms with E-state index in [0.717, 1.165) is 19.1 Å². The number of carbonyl (C=O) groups is 1. The van der Waals surface area contributed by atoms with Crippen molar-refractivity contribution in [3.8, 4) is 11.4 Å². The number of nitrogens with zero attached hydrogens (tertiary/aromatic N) is 2. The Morgan fingerprint density at radius 2 is 1.86 bits per heavy atom. The van der Waals surface area contributed by atoms with Gasteiger partial charge in [-0.2, -0.15) is 18.2 Å². The monoisotopic (exact) mass is 557 g/mol. The topological polar surface area (TPSA) is 157 Å². The molecule has 0 saturated heterocycles. The molecule has 0 amide bonds. The summed E-state index contributed by atoms with van der Waals surface area (Å²) in [5.41, 5.74) is 7.22. The van der Waals surface area contributed by atoms with Gasteiger partial charge in [-0.3, -0.25) is 0 Å². The molecule has 15 heteroatoms. The smallest absolute Gasteiger partial charge is 0.475 e. The quantitative estimate of drug-likeness (QED) is 0.428. The van der Waals surface area contributed by atoms with Gasteiger partial charge < -0.3 is 20.5 Å². The second-order valence-corrected chi connectivity index (χ2v) is 10.4. The van der Waals surface area contributed by atoms with Crippen LogP contribution in [0, 0.1) is 0 Å². The number of halogens is 5. The van der Waals surface area contributed by atoms with Crippen molar-refractivity contribution in [1.29, 1.82) is 0 Å². The minimum atomic E-state index is -5.08. The summed E-state index contributed by atoms with van der Waals surface area (Å²) in [5.74, 6) is -3.60. The molecule has 1 saturated carbocycles. The van der Waals surface area contributed by atoms with Crippen LogP contribution < -0.4 is 5.73 Å². The highest BCUT2D eigenvalue weighted by Gasteiger charge is 2.38. The molecule has 1 heterocycles. The maximum absolute atomic E-state index is 14.8. The maximum Gasteiger partial charge on any atom is 0.490 e. The van der Waals surface area contributed by atoms with Crippen molar-refractivity contribution in [2.45, 2.75) is 55.1 Å². The minimum absolute atomic E-state index is 0.0698. The van der Waals surface area contributed by atoms with Crippen LogP contribution in [0.4, 0.5) is 17.6 Å². The van der Waals surface area contributed by atoms with Gasteiger partial charge in [0, 0.05) is 18.4 Å². The molecule has 0 radical (unpaired) electrons. The van der Waals surface area contributed by atoms with E-state index in [-0.39, 0.29) is 40.5 Å². The van der Waals surface area contributed by atoms with Crippen LogP contribution in [0.25, 0.3) is 11.4 Å². The van der Waals surface area contributed by atoms with Crippen LogP contribution in [-0.2, 0) is 14.6 Å². The molecule has 0 aliphatic heterocycles. The molecular formula is C21H24ClF4N3O6S. The number of aliphatic hydroxyl groups excluding tert-OH is 1. The van der Waals surface area contributed by atoms with Crippen molar-refractivity contribution in [2.24, 2.45) is 5.73 Å². The van der Waals surface area contributed by atoms with Crippen molar-refractivity contribution in [3.05, 3.63) is 40.5 Å². The van der Waals surface area contributed by atoms with Crippen LogP contribution in [0.15, 0.2) is 39.0 Å². The van der Waals surface area contributed by atoms with Crippen LogP contribution in [0.2, 0.25) is 5.02 Å². The first-order valence-electron chi connectivity index (χ1n) is 10.5. The standard InChI is InChI=1S/C19H23ClFN3O4S.C2HF3O2/c1-29(26,27)12-6-7-13(15(20)10-12)18-23-19(28-24-18)14(8-9-25)17(22)16(21)11-4-2-3-5-11;3-2(4,5)1(6)7/h6-7,10,14,17,25H,2-5,8-9,22H2,1H3;(H,6,7)/t14-,17-;/m0./s1. The number of rotatable bonds is 7. The van der Waals surface area contributed by atoms with Gasteiger partial charge in [0.2, 0.25) is 11.7 Å². The molecule has 36 heavy (non-hydrogen) atoms. The maximum atomic E-state index is 14.8. The zero-order chi connectivity index (χ0) is 27.3. The summed E-state index contributed by atoms with van der Waals surface area (Å²) in [5, 5.41) is 20.6. The van der Waals surface area contributed by atoms with E-state index >= 15 is 0 Å². The van der Waals surface area contributed by atoms with E-state index in [1.165, 1.54) is 18.2 Å². The first-order valence-corrected chi connectivity index (χ1v) is 12.8. The van der Waals surface area contributed by atoms with Crippen molar-refractivity contribution in [3.63, 3.8) is 0 Å². The van der Waals surface area contributed by atoms with Gasteiger partial charge in [0.15, 0.2) is 9.84 Å². The molecule has 4 N–H and O–H groups in total. The summed E-state index contributed by atoms with van der Waals surface area (Å²) in [7, 11) is -3.41. The summed E-state index contributed by atoms with van der Waals surface area (Å²) >= 11 is 6.20. The Labute approximate surface area is 208 Å². The Morgan fingerprint density at radius 1 is 1.28 bits per heavy atom. The molecular weight excluding hydrogens is 534 g/mol. The minimum Gasteiger partial charge on any atom is -0.475 e. The summed E-state index contributed by atoms with van der Waals surface area (Å²) in [4.78, 5) is 13.3. The molecule has 0 spiro atoms. The summed E-state index contributed by atoms with van der Waals surface area (Å²) in [6.45, 7) is -0.220. The van der Waals surface area contributed by atoms with Gasteiger partial charge in [-0.05, 0) is 55.9 Å². The van der Waals surface area contributed by atoms with Crippen LogP contribution in [0.1, 0.15) is 43.9 Å². The van der Waals surface area contributed by atoms with Crippen molar-refractivity contribution >= 4 is 27.4 Å². The second-order valence-electron chi connectivity index (χ2n) is 7.98. The molecule has 3 rings (SSSR count). The number of hydrogen-bond acceptors (Lipinski definition) is 8. The highest BCUT2D eigenvalue weighted by molar-refractivity contribution is 7.90. The lowest BCUT2D eigenvalue weighted by molar-refractivity contribution is -0.192. The Balaban J connectivity index is 0.000000572. The number of aliphatic hydroxyl groups is 1. The number of aliphatic carboxylic acids is 1.